The number of β-amino-alcohol motifs (C(OH)–C–C–N with tert-alkyl or cyclic N) is 1. The lowest BCUT2D eigenvalue weighted by Crippen LogP contribution is -2.32. The second kappa shape index (κ2) is 5.52. The van der Waals surface area contributed by atoms with Crippen molar-refractivity contribution in [2.75, 3.05) is 19.6 Å². The molecule has 1 heterocycles. The van der Waals surface area contributed by atoms with Crippen LogP contribution in [0.1, 0.15) is 20.8 Å². The van der Waals surface area contributed by atoms with Crippen LogP contribution < -0.4 is 5.73 Å². The van der Waals surface area contributed by atoms with Gasteiger partial charge in [-0.15, -0.1) is 0 Å². The second-order valence-electron chi connectivity index (χ2n) is 2.58. The Morgan fingerprint density at radius 2 is 2.00 bits per heavy atom. The molecule has 1 rings (SSSR count). The number of hydrogen-bond acceptors (Lipinski definition) is 3. The van der Waals surface area contributed by atoms with Gasteiger partial charge < -0.3 is 10.8 Å². The third kappa shape index (κ3) is 3.18. The maximum Gasteiger partial charge on any atom is 0.0830 e. The Balaban J connectivity index is 0.000000461. The van der Waals surface area contributed by atoms with E-state index in [2.05, 4.69) is 11.8 Å². The molecule has 0 aromatic rings. The van der Waals surface area contributed by atoms with Crippen LogP contribution in [0.4, 0.5) is 0 Å². The average Bonchev–Trinajstić information content (AvgIpc) is 2.36. The summed E-state index contributed by atoms with van der Waals surface area (Å²) < 4.78 is 0. The van der Waals surface area contributed by atoms with Gasteiger partial charge in [0.25, 0.3) is 0 Å². The quantitative estimate of drug-likeness (QED) is 0.569. The molecule has 0 bridgehead atoms. The molecule has 3 N–H and O–H groups in total. The highest BCUT2D eigenvalue weighted by Gasteiger charge is 2.26. The molecule has 68 valence electrons. The minimum atomic E-state index is -0.301. The average molecular weight is 160 g/mol. The summed E-state index contributed by atoms with van der Waals surface area (Å²) in [6, 6.07) is -0.0232. The van der Waals surface area contributed by atoms with Gasteiger partial charge in [0.15, 0.2) is 0 Å². The first kappa shape index (κ1) is 10.9. The van der Waals surface area contributed by atoms with E-state index in [0.29, 0.717) is 0 Å². The number of rotatable bonds is 1. The van der Waals surface area contributed by atoms with Crippen LogP contribution in [0.3, 0.4) is 0 Å². The molecule has 0 amide bonds. The lowest BCUT2D eigenvalue weighted by atomic mass is 10.2. The number of aliphatic hydroxyl groups excluding tert-OH is 1. The molecule has 0 radical (unpaired) electrons. The van der Waals surface area contributed by atoms with Crippen LogP contribution in [0.5, 0.6) is 0 Å². The predicted molar refractivity (Wildman–Crippen MR) is 47.4 cm³/mol. The first-order valence-electron chi connectivity index (χ1n) is 4.40. The predicted octanol–water partition coefficient (Wildman–Crippen LogP) is 0.0363. The highest BCUT2D eigenvalue weighted by Crippen LogP contribution is 2.06. The molecular weight excluding hydrogens is 140 g/mol. The Kier molecular flexibility index (Phi) is 5.46. The van der Waals surface area contributed by atoms with E-state index in [9.17, 15) is 0 Å². The minimum Gasteiger partial charge on any atom is -0.390 e. The number of nitrogens with two attached hydrogens (primary N) is 1. The van der Waals surface area contributed by atoms with Gasteiger partial charge in [0.05, 0.1) is 6.10 Å². The summed E-state index contributed by atoms with van der Waals surface area (Å²) >= 11 is 0. The smallest absolute Gasteiger partial charge is 0.0830 e. The third-order valence-electron chi connectivity index (χ3n) is 1.86. The van der Waals surface area contributed by atoms with E-state index in [1.807, 2.05) is 13.8 Å². The van der Waals surface area contributed by atoms with Crippen molar-refractivity contribution in [1.82, 2.24) is 4.90 Å². The first-order valence-corrected chi connectivity index (χ1v) is 4.40. The molecule has 0 aliphatic carbocycles. The van der Waals surface area contributed by atoms with Crippen molar-refractivity contribution in [3.63, 3.8) is 0 Å². The number of hydrogen-bond donors (Lipinski definition) is 2. The first-order chi connectivity index (χ1) is 5.24. The highest BCUT2D eigenvalue weighted by molar-refractivity contribution is 4.85. The molecule has 3 nitrogen and oxygen atoms in total. The van der Waals surface area contributed by atoms with Gasteiger partial charge >= 0.3 is 0 Å². The molecule has 1 saturated heterocycles. The molecule has 3 heteroatoms. The van der Waals surface area contributed by atoms with E-state index in [0.717, 1.165) is 19.6 Å². The summed E-state index contributed by atoms with van der Waals surface area (Å²) in [5.74, 6) is 0. The van der Waals surface area contributed by atoms with Gasteiger partial charge in [0.1, 0.15) is 0 Å². The van der Waals surface area contributed by atoms with E-state index in [1.165, 1.54) is 0 Å². The van der Waals surface area contributed by atoms with Gasteiger partial charge in [0.2, 0.25) is 0 Å². The fraction of sp³-hybridized carbons (Fsp3) is 1.00. The number of aliphatic hydroxyl groups is 1. The topological polar surface area (TPSA) is 49.5 Å². The highest BCUT2D eigenvalue weighted by atomic mass is 16.3. The van der Waals surface area contributed by atoms with Crippen LogP contribution >= 0.6 is 0 Å². The zero-order chi connectivity index (χ0) is 8.85. The zero-order valence-corrected chi connectivity index (χ0v) is 7.75. The largest absolute Gasteiger partial charge is 0.390 e. The van der Waals surface area contributed by atoms with Crippen LogP contribution in [-0.4, -0.2) is 41.8 Å². The Bertz CT molecular complexity index is 88.1. The molecule has 0 aromatic carbocycles. The van der Waals surface area contributed by atoms with Crippen molar-refractivity contribution in [2.45, 2.75) is 32.9 Å². The van der Waals surface area contributed by atoms with Gasteiger partial charge in [-0.05, 0) is 6.54 Å². The van der Waals surface area contributed by atoms with Crippen LogP contribution in [0.15, 0.2) is 0 Å². The van der Waals surface area contributed by atoms with Crippen LogP contribution in [-0.2, 0) is 0 Å². The molecular formula is C8H20N2O. The van der Waals surface area contributed by atoms with Gasteiger partial charge in [-0.25, -0.2) is 0 Å². The van der Waals surface area contributed by atoms with Crippen LogP contribution in [0.2, 0.25) is 0 Å². The number of nitrogens with zero attached hydrogens (tertiary/aromatic N) is 1. The Morgan fingerprint density at radius 1 is 1.45 bits per heavy atom. The van der Waals surface area contributed by atoms with Crippen molar-refractivity contribution in [3.8, 4) is 0 Å². The second-order valence-corrected chi connectivity index (χ2v) is 2.58. The van der Waals surface area contributed by atoms with Crippen LogP contribution in [0, 0.1) is 0 Å². The SMILES string of the molecule is CC.CCN1CC(N)C(O)C1. The Labute approximate surface area is 69.2 Å². The summed E-state index contributed by atoms with van der Waals surface area (Å²) in [7, 11) is 0. The van der Waals surface area contributed by atoms with Crippen molar-refractivity contribution >= 4 is 0 Å². The fourth-order valence-electron chi connectivity index (χ4n) is 1.15. The number of likely N-dealkylation sites (N-methyl/N-ethyl adjacent to an activating group) is 1. The fourth-order valence-corrected chi connectivity index (χ4v) is 1.15. The summed E-state index contributed by atoms with van der Waals surface area (Å²) in [5, 5.41) is 9.13. The van der Waals surface area contributed by atoms with Gasteiger partial charge in [-0.2, -0.15) is 0 Å². The van der Waals surface area contributed by atoms with Gasteiger partial charge in [-0.1, -0.05) is 20.8 Å². The van der Waals surface area contributed by atoms with Crippen molar-refractivity contribution < 1.29 is 5.11 Å². The molecule has 0 saturated carbocycles. The molecule has 0 aromatic heterocycles. The molecule has 1 aliphatic heterocycles. The molecule has 11 heavy (non-hydrogen) atoms. The summed E-state index contributed by atoms with van der Waals surface area (Å²) in [5.41, 5.74) is 5.55. The maximum absolute atomic E-state index is 9.13. The monoisotopic (exact) mass is 160 g/mol. The molecule has 1 fully saturated rings. The zero-order valence-electron chi connectivity index (χ0n) is 7.75. The maximum atomic E-state index is 9.13. The lowest BCUT2D eigenvalue weighted by Gasteiger charge is -2.09. The summed E-state index contributed by atoms with van der Waals surface area (Å²) in [4.78, 5) is 2.15. The summed E-state index contributed by atoms with van der Waals surface area (Å²) in [6.07, 6.45) is -0.301. The van der Waals surface area contributed by atoms with Gasteiger partial charge in [-0.3, -0.25) is 4.90 Å². The Morgan fingerprint density at radius 3 is 2.18 bits per heavy atom. The van der Waals surface area contributed by atoms with E-state index in [4.69, 9.17) is 10.8 Å². The molecule has 2 unspecified atom stereocenters. The van der Waals surface area contributed by atoms with Crippen molar-refractivity contribution in [3.05, 3.63) is 0 Å². The van der Waals surface area contributed by atoms with Crippen molar-refractivity contribution in [1.29, 1.82) is 0 Å². The van der Waals surface area contributed by atoms with E-state index in [-0.39, 0.29) is 12.1 Å². The molecule has 1 aliphatic rings. The normalized spacial score (nSPS) is 31.4. The van der Waals surface area contributed by atoms with E-state index >= 15 is 0 Å². The Hall–Kier alpha value is -0.120. The van der Waals surface area contributed by atoms with E-state index in [1.54, 1.807) is 0 Å². The standard InChI is InChI=1S/C6H14N2O.C2H6/c1-2-8-3-5(7)6(9)4-8;1-2/h5-6,9H,2-4,7H2,1H3;1-2H3. The molecule has 2 atom stereocenters. The van der Waals surface area contributed by atoms with E-state index < -0.39 is 0 Å². The van der Waals surface area contributed by atoms with Crippen LogP contribution in [0.25, 0.3) is 0 Å². The minimum absolute atomic E-state index is 0.0232. The molecule has 0 spiro atoms. The summed E-state index contributed by atoms with van der Waals surface area (Å²) in [6.45, 7) is 8.66. The lowest BCUT2D eigenvalue weighted by molar-refractivity contribution is 0.166. The van der Waals surface area contributed by atoms with Crippen molar-refractivity contribution in [2.24, 2.45) is 5.73 Å². The van der Waals surface area contributed by atoms with Gasteiger partial charge in [0, 0.05) is 19.1 Å². The number of likely N-dealkylation sites (tertiary alicyclic amines) is 1. The third-order valence-corrected chi connectivity index (χ3v) is 1.86.